The number of amides is 1. The van der Waals surface area contributed by atoms with Gasteiger partial charge in [-0.2, -0.15) is 0 Å². The van der Waals surface area contributed by atoms with Crippen molar-refractivity contribution in [2.75, 3.05) is 19.6 Å². The van der Waals surface area contributed by atoms with Gasteiger partial charge in [0.15, 0.2) is 5.17 Å². The number of likely N-dealkylation sites (tertiary alicyclic amines) is 1. The van der Waals surface area contributed by atoms with Gasteiger partial charge in [0.2, 0.25) is 5.91 Å². The molecule has 0 aromatic carbocycles. The predicted molar refractivity (Wildman–Crippen MR) is 96.0 cm³/mol. The maximum atomic E-state index is 13.5. The second-order valence-electron chi connectivity index (χ2n) is 8.25. The Hall–Kier alpha value is -0.620. The molecule has 2 saturated carbocycles. The lowest BCUT2D eigenvalue weighted by atomic mass is 9.96. The summed E-state index contributed by atoms with van der Waals surface area (Å²) in [7, 11) is 0. The Bertz CT molecular complexity index is 542. The number of hydrogen-bond donors (Lipinski definition) is 1. The summed E-state index contributed by atoms with van der Waals surface area (Å²) in [4.78, 5) is 19.5. The molecule has 1 amide bonds. The second-order valence-corrected chi connectivity index (χ2v) is 9.75. The highest BCUT2D eigenvalue weighted by molar-refractivity contribution is 8.16. The molecule has 0 radical (unpaired) electrons. The number of fused-ring (bicyclic) bond motifs is 2. The van der Waals surface area contributed by atoms with E-state index >= 15 is 0 Å². The van der Waals surface area contributed by atoms with E-state index < -0.39 is 10.9 Å². The summed E-state index contributed by atoms with van der Waals surface area (Å²) in [5.74, 6) is 1.68. The number of halogens is 1. The minimum Gasteiger partial charge on any atom is -0.304 e. The number of nitrogens with one attached hydrogen (secondary N) is 1. The number of nitrogens with zero attached hydrogens (tertiary/aromatic N) is 2. The van der Waals surface area contributed by atoms with Gasteiger partial charge in [-0.1, -0.05) is 18.2 Å². The van der Waals surface area contributed by atoms with E-state index in [0.717, 1.165) is 42.9 Å². The average Bonchev–Trinajstić information content (AvgIpc) is 3.22. The molecule has 1 N–H and O–H groups in total. The van der Waals surface area contributed by atoms with Crippen LogP contribution in [0.2, 0.25) is 0 Å². The Labute approximate surface area is 148 Å². The molecule has 0 aromatic heterocycles. The number of carbonyl (C=O) groups excluding carboxylic acids is 1. The van der Waals surface area contributed by atoms with Crippen molar-refractivity contribution in [2.45, 2.75) is 68.8 Å². The molecule has 0 spiro atoms. The van der Waals surface area contributed by atoms with Crippen molar-refractivity contribution in [1.29, 1.82) is 0 Å². The lowest BCUT2D eigenvalue weighted by Gasteiger charge is -2.31. The third-order valence-electron chi connectivity index (χ3n) is 6.36. The molecule has 2 saturated heterocycles. The first kappa shape index (κ1) is 16.8. The number of thioether (sulfide) groups is 1. The van der Waals surface area contributed by atoms with Gasteiger partial charge in [0, 0.05) is 13.1 Å². The van der Waals surface area contributed by atoms with Gasteiger partial charge in [-0.25, -0.2) is 4.39 Å². The van der Waals surface area contributed by atoms with Crippen molar-refractivity contribution in [3.05, 3.63) is 0 Å². The molecule has 134 valence electrons. The Morgan fingerprint density at radius 2 is 2.25 bits per heavy atom. The molecular weight excluding hydrogens is 325 g/mol. The highest BCUT2D eigenvalue weighted by Gasteiger charge is 2.45. The Kier molecular flexibility index (Phi) is 4.63. The molecule has 2 bridgehead atoms. The summed E-state index contributed by atoms with van der Waals surface area (Å²) in [6, 6.07) is 0.420. The zero-order valence-electron chi connectivity index (χ0n) is 14.5. The number of aliphatic imine (C=N–C) groups is 1. The molecular formula is C18H28FN3OS. The third kappa shape index (κ3) is 3.36. The van der Waals surface area contributed by atoms with Crippen molar-refractivity contribution < 1.29 is 9.18 Å². The summed E-state index contributed by atoms with van der Waals surface area (Å²) >= 11 is 1.59. The molecule has 4 aliphatic rings. The standard InChI is InChI=1S/C18H28FN3OS/c1-18(6-8-22-7-2-3-14(19)11-22)16(23)21-17(24-18)20-15-10-12-4-5-13(15)9-12/h12-15H,2-11H2,1H3,(H,20,21,23). The molecule has 0 aromatic rings. The molecule has 6 heteroatoms. The lowest BCUT2D eigenvalue weighted by molar-refractivity contribution is -0.121. The third-order valence-corrected chi connectivity index (χ3v) is 7.60. The van der Waals surface area contributed by atoms with Crippen LogP contribution in [0.4, 0.5) is 4.39 Å². The smallest absolute Gasteiger partial charge is 0.242 e. The number of alkyl halides is 1. The highest BCUT2D eigenvalue weighted by Crippen LogP contribution is 2.46. The quantitative estimate of drug-likeness (QED) is 0.845. The maximum Gasteiger partial charge on any atom is 0.242 e. The van der Waals surface area contributed by atoms with Crippen LogP contribution in [-0.2, 0) is 4.79 Å². The van der Waals surface area contributed by atoms with Crippen LogP contribution in [0.25, 0.3) is 0 Å². The molecule has 24 heavy (non-hydrogen) atoms. The summed E-state index contributed by atoms with van der Waals surface area (Å²) in [5, 5.41) is 3.83. The van der Waals surface area contributed by atoms with Crippen LogP contribution in [-0.4, -0.2) is 52.6 Å². The van der Waals surface area contributed by atoms with Crippen molar-refractivity contribution in [3.8, 4) is 0 Å². The fourth-order valence-electron chi connectivity index (χ4n) is 4.83. The minimum atomic E-state index is -0.702. The number of carbonyl (C=O) groups is 1. The van der Waals surface area contributed by atoms with Gasteiger partial charge in [0.05, 0.1) is 6.04 Å². The zero-order chi connectivity index (χ0) is 16.7. The molecule has 5 atom stereocenters. The van der Waals surface area contributed by atoms with Crippen LogP contribution in [0.15, 0.2) is 4.99 Å². The summed E-state index contributed by atoms with van der Waals surface area (Å²) in [5.41, 5.74) is 0. The molecule has 2 heterocycles. The van der Waals surface area contributed by atoms with Crippen molar-refractivity contribution in [1.82, 2.24) is 10.2 Å². The summed E-state index contributed by atoms with van der Waals surface area (Å²) in [6.07, 6.45) is 6.87. The van der Waals surface area contributed by atoms with E-state index in [1.165, 1.54) is 25.7 Å². The van der Waals surface area contributed by atoms with Crippen LogP contribution in [0.3, 0.4) is 0 Å². The fraction of sp³-hybridized carbons (Fsp3) is 0.889. The zero-order valence-corrected chi connectivity index (χ0v) is 15.3. The number of amidine groups is 1. The first-order valence-electron chi connectivity index (χ1n) is 9.46. The van der Waals surface area contributed by atoms with E-state index in [2.05, 4.69) is 10.2 Å². The molecule has 2 aliphatic heterocycles. The van der Waals surface area contributed by atoms with Gasteiger partial charge in [-0.05, 0) is 63.8 Å². The molecule has 4 rings (SSSR count). The largest absolute Gasteiger partial charge is 0.304 e. The van der Waals surface area contributed by atoms with E-state index in [1.54, 1.807) is 11.8 Å². The van der Waals surface area contributed by atoms with Crippen molar-refractivity contribution in [3.63, 3.8) is 0 Å². The van der Waals surface area contributed by atoms with Crippen LogP contribution < -0.4 is 5.32 Å². The van der Waals surface area contributed by atoms with Gasteiger partial charge in [-0.3, -0.25) is 9.79 Å². The Balaban J connectivity index is 1.34. The van der Waals surface area contributed by atoms with Gasteiger partial charge >= 0.3 is 0 Å². The first-order chi connectivity index (χ1) is 11.5. The number of rotatable bonds is 4. The summed E-state index contributed by atoms with van der Waals surface area (Å²) in [6.45, 7) is 4.27. The SMILES string of the molecule is CC1(CCN2CCCC(F)C2)SC(=NC2CC3CCC2C3)NC1=O. The molecule has 2 aliphatic carbocycles. The lowest BCUT2D eigenvalue weighted by Crippen LogP contribution is -2.41. The molecule has 4 fully saturated rings. The maximum absolute atomic E-state index is 13.5. The topological polar surface area (TPSA) is 44.7 Å². The second kappa shape index (κ2) is 6.60. The van der Waals surface area contributed by atoms with E-state index in [9.17, 15) is 9.18 Å². The predicted octanol–water partition coefficient (Wildman–Crippen LogP) is 2.98. The van der Waals surface area contributed by atoms with Crippen LogP contribution in [0.1, 0.15) is 51.9 Å². The fourth-order valence-corrected chi connectivity index (χ4v) is 5.93. The molecule has 5 unspecified atom stereocenters. The van der Waals surface area contributed by atoms with Gasteiger partial charge < -0.3 is 10.2 Å². The van der Waals surface area contributed by atoms with Crippen LogP contribution in [0, 0.1) is 11.8 Å². The van der Waals surface area contributed by atoms with E-state index in [1.807, 2.05) is 6.92 Å². The van der Waals surface area contributed by atoms with E-state index in [4.69, 9.17) is 4.99 Å². The van der Waals surface area contributed by atoms with Gasteiger partial charge in [0.1, 0.15) is 10.9 Å². The van der Waals surface area contributed by atoms with E-state index in [-0.39, 0.29) is 5.91 Å². The minimum absolute atomic E-state index is 0.0724. The van der Waals surface area contributed by atoms with Crippen LogP contribution in [0.5, 0.6) is 0 Å². The van der Waals surface area contributed by atoms with Gasteiger partial charge in [-0.15, -0.1) is 0 Å². The highest BCUT2D eigenvalue weighted by atomic mass is 32.2. The normalized spacial score (nSPS) is 44.4. The Morgan fingerprint density at radius 1 is 1.38 bits per heavy atom. The van der Waals surface area contributed by atoms with Gasteiger partial charge in [0.25, 0.3) is 0 Å². The van der Waals surface area contributed by atoms with Crippen molar-refractivity contribution >= 4 is 22.8 Å². The monoisotopic (exact) mass is 353 g/mol. The number of piperidine rings is 1. The average molecular weight is 354 g/mol. The van der Waals surface area contributed by atoms with E-state index in [0.29, 0.717) is 19.0 Å². The Morgan fingerprint density at radius 3 is 2.96 bits per heavy atom. The first-order valence-corrected chi connectivity index (χ1v) is 10.3. The number of hydrogen-bond acceptors (Lipinski definition) is 4. The molecule has 4 nitrogen and oxygen atoms in total. The van der Waals surface area contributed by atoms with Crippen molar-refractivity contribution in [2.24, 2.45) is 16.8 Å². The summed E-state index contributed by atoms with van der Waals surface area (Å²) < 4.78 is 13.1. The van der Waals surface area contributed by atoms with Crippen LogP contribution >= 0.6 is 11.8 Å².